The molecule has 0 bridgehead atoms. The summed E-state index contributed by atoms with van der Waals surface area (Å²) in [7, 11) is 0. The number of anilines is 1. The van der Waals surface area contributed by atoms with E-state index in [9.17, 15) is 14.4 Å². The van der Waals surface area contributed by atoms with Gasteiger partial charge in [0.2, 0.25) is 11.8 Å². The van der Waals surface area contributed by atoms with Crippen molar-refractivity contribution in [2.24, 2.45) is 11.7 Å². The molecule has 178 valence electrons. The lowest BCUT2D eigenvalue weighted by molar-refractivity contribution is -0.118. The maximum atomic E-state index is 13.4. The van der Waals surface area contributed by atoms with Crippen LogP contribution >= 0.6 is 11.8 Å². The molecule has 0 aliphatic carbocycles. The van der Waals surface area contributed by atoms with Crippen molar-refractivity contribution in [3.63, 3.8) is 0 Å². The number of benzene rings is 2. The lowest BCUT2D eigenvalue weighted by atomic mass is 10.1. The predicted octanol–water partition coefficient (Wildman–Crippen LogP) is 4.03. The molecule has 8 nitrogen and oxygen atoms in total. The molecule has 3 rings (SSSR count). The van der Waals surface area contributed by atoms with Gasteiger partial charge in [-0.15, -0.1) is 10.2 Å². The molecule has 2 aromatic carbocycles. The van der Waals surface area contributed by atoms with Crippen molar-refractivity contribution in [3.05, 3.63) is 71.5 Å². The van der Waals surface area contributed by atoms with E-state index in [4.69, 9.17) is 5.73 Å². The zero-order valence-corrected chi connectivity index (χ0v) is 20.3. The number of thioether (sulfide) groups is 1. The number of amides is 2. The molecule has 3 aromatic rings. The molecule has 34 heavy (non-hydrogen) atoms. The van der Waals surface area contributed by atoms with Crippen LogP contribution in [0.2, 0.25) is 0 Å². The highest BCUT2D eigenvalue weighted by Crippen LogP contribution is 2.36. The van der Waals surface area contributed by atoms with Crippen LogP contribution in [0.1, 0.15) is 54.2 Å². The highest BCUT2D eigenvalue weighted by molar-refractivity contribution is 8.00. The van der Waals surface area contributed by atoms with E-state index in [1.165, 1.54) is 18.7 Å². The summed E-state index contributed by atoms with van der Waals surface area (Å²) in [5, 5.41) is 11.5. The van der Waals surface area contributed by atoms with Gasteiger partial charge in [-0.1, -0.05) is 68.1 Å². The van der Waals surface area contributed by atoms with Gasteiger partial charge >= 0.3 is 0 Å². The molecule has 9 heteroatoms. The topological polar surface area (TPSA) is 120 Å². The van der Waals surface area contributed by atoms with Crippen molar-refractivity contribution >= 4 is 35.0 Å². The van der Waals surface area contributed by atoms with Crippen molar-refractivity contribution in [2.75, 3.05) is 5.32 Å². The molecule has 0 saturated heterocycles. The molecular weight excluding hydrogens is 450 g/mol. The fourth-order valence-corrected chi connectivity index (χ4v) is 4.47. The Bertz CT molecular complexity index is 1160. The van der Waals surface area contributed by atoms with Gasteiger partial charge in [0.1, 0.15) is 11.1 Å². The Morgan fingerprint density at radius 3 is 2.44 bits per heavy atom. The normalized spacial score (nSPS) is 11.9. The molecule has 1 atom stereocenters. The number of nitrogens with two attached hydrogens (primary N) is 1. The second kappa shape index (κ2) is 11.6. The number of hydrogen-bond acceptors (Lipinski definition) is 6. The van der Waals surface area contributed by atoms with Gasteiger partial charge in [0.05, 0.1) is 0 Å². The first-order valence-corrected chi connectivity index (χ1v) is 12.0. The number of hydrogen-bond donors (Lipinski definition) is 2. The minimum absolute atomic E-state index is 0.0737. The van der Waals surface area contributed by atoms with E-state index in [0.29, 0.717) is 41.1 Å². The minimum Gasteiger partial charge on any atom is -0.370 e. The molecule has 3 N–H and O–H groups in total. The molecule has 1 heterocycles. The maximum Gasteiger partial charge on any atom is 0.242 e. The quantitative estimate of drug-likeness (QED) is 0.316. The first-order chi connectivity index (χ1) is 16.2. The van der Waals surface area contributed by atoms with Crippen LogP contribution in [0.5, 0.6) is 0 Å². The monoisotopic (exact) mass is 479 g/mol. The highest BCUT2D eigenvalue weighted by atomic mass is 32.2. The van der Waals surface area contributed by atoms with Crippen LogP contribution < -0.4 is 11.1 Å². The molecule has 2 amide bonds. The second-order valence-corrected chi connectivity index (χ2v) is 9.48. The smallest absolute Gasteiger partial charge is 0.242 e. The van der Waals surface area contributed by atoms with E-state index in [-0.39, 0.29) is 18.1 Å². The fourth-order valence-electron chi connectivity index (χ4n) is 3.40. The number of carbonyl (C=O) groups excluding carboxylic acids is 3. The summed E-state index contributed by atoms with van der Waals surface area (Å²) in [5.41, 5.74) is 7.20. The van der Waals surface area contributed by atoms with Crippen molar-refractivity contribution < 1.29 is 14.4 Å². The van der Waals surface area contributed by atoms with Gasteiger partial charge in [0, 0.05) is 30.6 Å². The molecule has 0 aliphatic heterocycles. The van der Waals surface area contributed by atoms with Crippen LogP contribution in [0, 0.1) is 5.92 Å². The Labute approximate surface area is 203 Å². The Balaban J connectivity index is 1.91. The Morgan fingerprint density at radius 2 is 1.79 bits per heavy atom. The summed E-state index contributed by atoms with van der Waals surface area (Å²) in [6.45, 7) is 6.29. The summed E-state index contributed by atoms with van der Waals surface area (Å²) >= 11 is 1.30. The lowest BCUT2D eigenvalue weighted by Crippen LogP contribution is -2.20. The van der Waals surface area contributed by atoms with E-state index in [1.807, 2.05) is 34.9 Å². The van der Waals surface area contributed by atoms with Crippen molar-refractivity contribution in [2.45, 2.75) is 50.6 Å². The molecule has 0 radical (unpaired) electrons. The first-order valence-electron chi connectivity index (χ1n) is 11.1. The lowest BCUT2D eigenvalue weighted by Gasteiger charge is -2.18. The number of aryl methyl sites for hydroxylation is 1. The number of rotatable bonds is 11. The third kappa shape index (κ3) is 6.77. The third-order valence-corrected chi connectivity index (χ3v) is 6.27. The van der Waals surface area contributed by atoms with Crippen LogP contribution in [0.25, 0.3) is 0 Å². The van der Waals surface area contributed by atoms with Crippen molar-refractivity contribution in [1.29, 1.82) is 0 Å². The number of ketones is 1. The van der Waals surface area contributed by atoms with Gasteiger partial charge in [-0.25, -0.2) is 0 Å². The first kappa shape index (κ1) is 25.2. The van der Waals surface area contributed by atoms with Gasteiger partial charge in [0.15, 0.2) is 10.9 Å². The zero-order chi connectivity index (χ0) is 24.7. The highest BCUT2D eigenvalue weighted by Gasteiger charge is 2.26. The van der Waals surface area contributed by atoms with Crippen LogP contribution in [-0.2, 0) is 22.6 Å². The van der Waals surface area contributed by atoms with E-state index in [0.717, 1.165) is 5.56 Å². The average molecular weight is 480 g/mol. The maximum absolute atomic E-state index is 13.4. The van der Waals surface area contributed by atoms with Crippen LogP contribution in [0.4, 0.5) is 5.69 Å². The summed E-state index contributed by atoms with van der Waals surface area (Å²) < 4.78 is 1.96. The van der Waals surface area contributed by atoms with Crippen molar-refractivity contribution in [3.8, 4) is 0 Å². The molecule has 1 aromatic heterocycles. The second-order valence-electron chi connectivity index (χ2n) is 8.40. The van der Waals surface area contributed by atoms with Gasteiger partial charge in [0.25, 0.3) is 0 Å². The minimum atomic E-state index is -0.610. The summed E-state index contributed by atoms with van der Waals surface area (Å²) in [5.74, 6) is 0.255. The number of Topliss-reactive ketones (excluding diaryl/α,β-unsaturated/α-hetero) is 1. The molecule has 0 saturated carbocycles. The standard InChI is InChI=1S/C25H29N5O3S/c1-16(2)15-30-22(13-12-21(26)32)28-29-25(30)34-23(18-8-5-4-6-9-18)24(33)27-20-11-7-10-19(14-20)17(3)31/h4-11,14,16,23H,12-13,15H2,1-3H3,(H2,26,32)(H,27,33). The SMILES string of the molecule is CC(=O)c1cccc(NC(=O)C(Sc2nnc(CCC(N)=O)n2CC(C)C)c2ccccc2)c1. The summed E-state index contributed by atoms with van der Waals surface area (Å²) in [4.78, 5) is 36.4. The Kier molecular flexibility index (Phi) is 8.59. The van der Waals surface area contributed by atoms with Gasteiger partial charge in [-0.3, -0.25) is 14.4 Å². The van der Waals surface area contributed by atoms with E-state index in [2.05, 4.69) is 29.4 Å². The van der Waals surface area contributed by atoms with Crippen LogP contribution in [0.3, 0.4) is 0 Å². The zero-order valence-electron chi connectivity index (χ0n) is 19.5. The van der Waals surface area contributed by atoms with Crippen LogP contribution in [-0.4, -0.2) is 32.4 Å². The van der Waals surface area contributed by atoms with E-state index >= 15 is 0 Å². The number of aromatic nitrogens is 3. The number of carbonyl (C=O) groups is 3. The number of nitrogens with zero attached hydrogens (tertiary/aromatic N) is 3. The Hall–Kier alpha value is -3.46. The number of nitrogens with one attached hydrogen (secondary N) is 1. The summed E-state index contributed by atoms with van der Waals surface area (Å²) in [6.07, 6.45) is 0.561. The molecule has 0 fully saturated rings. The average Bonchev–Trinajstić information content (AvgIpc) is 3.17. The third-order valence-electron chi connectivity index (χ3n) is 5.04. The molecular formula is C25H29N5O3S. The number of primary amides is 1. The Morgan fingerprint density at radius 1 is 1.06 bits per heavy atom. The predicted molar refractivity (Wildman–Crippen MR) is 132 cm³/mol. The van der Waals surface area contributed by atoms with Crippen LogP contribution in [0.15, 0.2) is 59.8 Å². The van der Waals surface area contributed by atoms with Crippen molar-refractivity contribution in [1.82, 2.24) is 14.8 Å². The molecule has 1 unspecified atom stereocenters. The van der Waals surface area contributed by atoms with Gasteiger partial charge in [-0.2, -0.15) is 0 Å². The largest absolute Gasteiger partial charge is 0.370 e. The fraction of sp³-hybridized carbons (Fsp3) is 0.320. The van der Waals surface area contributed by atoms with E-state index < -0.39 is 11.2 Å². The molecule has 0 spiro atoms. The van der Waals surface area contributed by atoms with E-state index in [1.54, 1.807) is 24.3 Å². The van der Waals surface area contributed by atoms with Gasteiger partial charge in [-0.05, 0) is 30.5 Å². The summed E-state index contributed by atoms with van der Waals surface area (Å²) in [6, 6.07) is 16.3. The molecule has 0 aliphatic rings. The van der Waals surface area contributed by atoms with Gasteiger partial charge < -0.3 is 15.6 Å².